The summed E-state index contributed by atoms with van der Waals surface area (Å²) >= 11 is 5.80. The molecule has 4 nitrogen and oxygen atoms in total. The summed E-state index contributed by atoms with van der Waals surface area (Å²) in [4.78, 5) is 7.57. The molecule has 2 rings (SSSR count). The number of benzene rings is 1. The van der Waals surface area contributed by atoms with Gasteiger partial charge >= 0.3 is 0 Å². The van der Waals surface area contributed by atoms with Crippen LogP contribution in [0.15, 0.2) is 18.5 Å². The van der Waals surface area contributed by atoms with Crippen molar-refractivity contribution in [1.82, 2.24) is 9.97 Å². The zero-order valence-corrected chi connectivity index (χ0v) is 10.9. The van der Waals surface area contributed by atoms with Gasteiger partial charge in [0.15, 0.2) is 22.5 Å². The number of aryl methyl sites for hydroxylation is 1. The minimum Gasteiger partial charge on any atom is -0.490 e. The Kier molecular flexibility index (Phi) is 3.80. The first kappa shape index (κ1) is 13.5. The van der Waals surface area contributed by atoms with Crippen molar-refractivity contribution in [3.63, 3.8) is 0 Å². The summed E-state index contributed by atoms with van der Waals surface area (Å²) in [6.07, 6.45) is 1.17. The number of anilines is 2. The van der Waals surface area contributed by atoms with E-state index >= 15 is 0 Å². The molecule has 100 valence electrons. The van der Waals surface area contributed by atoms with Gasteiger partial charge in [0, 0.05) is 0 Å². The van der Waals surface area contributed by atoms with Gasteiger partial charge in [-0.3, -0.25) is 0 Å². The van der Waals surface area contributed by atoms with E-state index in [4.69, 9.17) is 16.3 Å². The normalized spacial score (nSPS) is 10.4. The first-order valence-corrected chi connectivity index (χ1v) is 5.68. The molecule has 7 heteroatoms. The Balaban J connectivity index is 2.48. The van der Waals surface area contributed by atoms with E-state index in [1.165, 1.54) is 26.4 Å². The zero-order chi connectivity index (χ0) is 14.0. The molecule has 0 saturated carbocycles. The van der Waals surface area contributed by atoms with Gasteiger partial charge in [-0.2, -0.15) is 0 Å². The van der Waals surface area contributed by atoms with E-state index in [-0.39, 0.29) is 22.4 Å². The van der Waals surface area contributed by atoms with Crippen molar-refractivity contribution in [2.45, 2.75) is 6.92 Å². The highest BCUT2D eigenvalue weighted by Gasteiger charge is 2.16. The lowest BCUT2D eigenvalue weighted by Gasteiger charge is -2.12. The lowest BCUT2D eigenvalue weighted by atomic mass is 10.2. The van der Waals surface area contributed by atoms with Gasteiger partial charge in [-0.1, -0.05) is 17.7 Å². The molecule has 2 aromatic rings. The Bertz CT molecular complexity index is 622. The Labute approximate surface area is 113 Å². The number of nitrogens with one attached hydrogen (secondary N) is 1. The molecule has 0 aliphatic carbocycles. The fourth-order valence-corrected chi connectivity index (χ4v) is 1.72. The predicted octanol–water partition coefficient (Wildman–Crippen LogP) is 3.47. The van der Waals surface area contributed by atoms with Crippen molar-refractivity contribution in [2.75, 3.05) is 12.4 Å². The second-order valence-electron chi connectivity index (χ2n) is 3.72. The Morgan fingerprint density at radius 2 is 2.00 bits per heavy atom. The lowest BCUT2D eigenvalue weighted by Crippen LogP contribution is -2.03. The number of nitrogens with zero attached hydrogens (tertiary/aromatic N) is 2. The molecule has 1 N–H and O–H groups in total. The number of halogens is 3. The van der Waals surface area contributed by atoms with E-state index in [1.54, 1.807) is 0 Å². The molecule has 0 fully saturated rings. The van der Waals surface area contributed by atoms with Gasteiger partial charge in [0.2, 0.25) is 0 Å². The lowest BCUT2D eigenvalue weighted by molar-refractivity contribution is 0.413. The van der Waals surface area contributed by atoms with Crippen molar-refractivity contribution in [1.29, 1.82) is 0 Å². The summed E-state index contributed by atoms with van der Waals surface area (Å²) in [6, 6.07) is 2.51. The van der Waals surface area contributed by atoms with Crippen molar-refractivity contribution in [3.8, 4) is 5.75 Å². The van der Waals surface area contributed by atoms with Gasteiger partial charge in [-0.05, 0) is 18.6 Å². The van der Waals surface area contributed by atoms with Crippen molar-refractivity contribution >= 4 is 23.1 Å². The third-order valence-corrected chi connectivity index (χ3v) is 2.76. The van der Waals surface area contributed by atoms with Crippen LogP contribution in [0.2, 0.25) is 5.15 Å². The molecule has 19 heavy (non-hydrogen) atoms. The monoisotopic (exact) mass is 285 g/mol. The van der Waals surface area contributed by atoms with Crippen LogP contribution in [0.5, 0.6) is 5.75 Å². The largest absolute Gasteiger partial charge is 0.490 e. The molecular formula is C12H10ClF2N3O. The maximum absolute atomic E-state index is 13.9. The number of methoxy groups -OCH3 is 1. The summed E-state index contributed by atoms with van der Waals surface area (Å²) < 4.78 is 32.5. The molecule has 1 aromatic heterocycles. The van der Waals surface area contributed by atoms with Crippen LogP contribution in [0.1, 0.15) is 5.56 Å². The summed E-state index contributed by atoms with van der Waals surface area (Å²) in [7, 11) is 1.36. The van der Waals surface area contributed by atoms with Crippen LogP contribution in [-0.2, 0) is 0 Å². The van der Waals surface area contributed by atoms with Crippen molar-refractivity contribution < 1.29 is 13.5 Å². The minimum absolute atomic E-state index is 0.0495. The highest BCUT2D eigenvalue weighted by Crippen LogP contribution is 2.32. The number of hydrogen-bond donors (Lipinski definition) is 1. The van der Waals surface area contributed by atoms with Crippen LogP contribution >= 0.6 is 11.6 Å². The highest BCUT2D eigenvalue weighted by molar-refractivity contribution is 6.31. The molecule has 0 aliphatic heterocycles. The summed E-state index contributed by atoms with van der Waals surface area (Å²) in [5.74, 6) is -1.23. The quantitative estimate of drug-likeness (QED) is 0.877. The predicted molar refractivity (Wildman–Crippen MR) is 68.0 cm³/mol. The number of aromatic nitrogens is 2. The van der Waals surface area contributed by atoms with E-state index in [2.05, 4.69) is 15.3 Å². The van der Waals surface area contributed by atoms with Crippen LogP contribution in [-0.4, -0.2) is 17.1 Å². The third-order valence-electron chi connectivity index (χ3n) is 2.49. The topological polar surface area (TPSA) is 47.0 Å². The van der Waals surface area contributed by atoms with E-state index in [0.29, 0.717) is 5.56 Å². The molecule has 0 saturated heterocycles. The summed E-state index contributed by atoms with van der Waals surface area (Å²) in [5, 5.41) is 2.58. The maximum Gasteiger partial charge on any atom is 0.199 e. The molecule has 0 atom stereocenters. The van der Waals surface area contributed by atoms with Gasteiger partial charge < -0.3 is 10.1 Å². The first-order valence-electron chi connectivity index (χ1n) is 5.30. The average Bonchev–Trinajstić information content (AvgIpc) is 2.39. The zero-order valence-electron chi connectivity index (χ0n) is 10.2. The van der Waals surface area contributed by atoms with Crippen molar-refractivity contribution in [3.05, 3.63) is 40.8 Å². The van der Waals surface area contributed by atoms with E-state index in [0.717, 1.165) is 6.07 Å². The molecule has 0 amide bonds. The molecule has 0 spiro atoms. The number of ether oxygens (including phenoxy) is 1. The molecule has 1 aromatic carbocycles. The van der Waals surface area contributed by atoms with E-state index in [1.807, 2.05) is 0 Å². The first-order chi connectivity index (χ1) is 9.04. The smallest absolute Gasteiger partial charge is 0.199 e. The fraction of sp³-hybridized carbons (Fsp3) is 0.167. The Hall–Kier alpha value is -1.95. The van der Waals surface area contributed by atoms with Crippen LogP contribution in [0.3, 0.4) is 0 Å². The average molecular weight is 286 g/mol. The Morgan fingerprint density at radius 1 is 1.26 bits per heavy atom. The third kappa shape index (κ3) is 2.58. The Morgan fingerprint density at radius 3 is 2.68 bits per heavy atom. The van der Waals surface area contributed by atoms with E-state index in [9.17, 15) is 8.78 Å². The molecule has 0 unspecified atom stereocenters. The van der Waals surface area contributed by atoms with E-state index < -0.39 is 11.6 Å². The maximum atomic E-state index is 13.9. The SMILES string of the molecule is COc1c(Cl)ncnc1Nc1c(F)ccc(C)c1F. The van der Waals surface area contributed by atoms with Gasteiger partial charge in [-0.15, -0.1) is 0 Å². The summed E-state index contributed by atoms with van der Waals surface area (Å²) in [6.45, 7) is 1.53. The molecule has 0 bridgehead atoms. The standard InChI is InChI=1S/C12H10ClF2N3O/c1-6-3-4-7(14)9(8(6)15)18-12-10(19-2)11(13)16-5-17-12/h3-5H,1-2H3,(H,16,17,18). The van der Waals surface area contributed by atoms with Crippen LogP contribution in [0.4, 0.5) is 20.3 Å². The molecule has 0 radical (unpaired) electrons. The minimum atomic E-state index is -0.736. The van der Waals surface area contributed by atoms with Crippen molar-refractivity contribution in [2.24, 2.45) is 0 Å². The fourth-order valence-electron chi connectivity index (χ4n) is 1.51. The molecule has 1 heterocycles. The molecule has 0 aliphatic rings. The van der Waals surface area contributed by atoms with Crippen LogP contribution in [0, 0.1) is 18.6 Å². The number of rotatable bonds is 3. The van der Waals surface area contributed by atoms with Gasteiger partial charge in [0.25, 0.3) is 0 Å². The number of hydrogen-bond acceptors (Lipinski definition) is 4. The van der Waals surface area contributed by atoms with Crippen LogP contribution in [0.25, 0.3) is 0 Å². The van der Waals surface area contributed by atoms with Gasteiger partial charge in [0.05, 0.1) is 7.11 Å². The highest BCUT2D eigenvalue weighted by atomic mass is 35.5. The summed E-state index contributed by atoms with van der Waals surface area (Å²) in [5.41, 5.74) is -0.00362. The second-order valence-corrected chi connectivity index (χ2v) is 4.08. The molecular weight excluding hydrogens is 276 g/mol. The van der Waals surface area contributed by atoms with Gasteiger partial charge in [0.1, 0.15) is 17.8 Å². The van der Waals surface area contributed by atoms with Crippen LogP contribution < -0.4 is 10.1 Å². The van der Waals surface area contributed by atoms with Gasteiger partial charge in [-0.25, -0.2) is 18.7 Å². The second kappa shape index (κ2) is 5.36.